The van der Waals surface area contributed by atoms with Crippen LogP contribution in [0.25, 0.3) is 0 Å². The third-order valence-corrected chi connectivity index (χ3v) is 3.68. The second-order valence-corrected chi connectivity index (χ2v) is 7.41. The summed E-state index contributed by atoms with van der Waals surface area (Å²) in [6, 6.07) is 1.68. The van der Waals surface area contributed by atoms with Crippen LogP contribution in [0.4, 0.5) is 4.79 Å². The topological polar surface area (TPSA) is 60.5 Å². The Morgan fingerprint density at radius 1 is 1.38 bits per heavy atom. The van der Waals surface area contributed by atoms with Crippen molar-refractivity contribution in [1.29, 1.82) is 0 Å². The molecule has 0 saturated carbocycles. The molecule has 1 atom stereocenters. The van der Waals surface area contributed by atoms with E-state index in [1.807, 2.05) is 40.7 Å². The molecule has 5 nitrogen and oxygen atoms in total. The van der Waals surface area contributed by atoms with Crippen LogP contribution in [0.2, 0.25) is 0 Å². The quantitative estimate of drug-likeness (QED) is 0.787. The van der Waals surface area contributed by atoms with Crippen molar-refractivity contribution >= 4 is 38.0 Å². The highest BCUT2D eigenvalue weighted by Crippen LogP contribution is 2.28. The molecule has 1 unspecified atom stereocenters. The summed E-state index contributed by atoms with van der Waals surface area (Å²) in [7, 11) is 0. The zero-order valence-corrected chi connectivity index (χ0v) is 16.0. The van der Waals surface area contributed by atoms with Gasteiger partial charge in [0, 0.05) is 4.47 Å². The molecule has 21 heavy (non-hydrogen) atoms. The molecule has 1 aromatic heterocycles. The van der Waals surface area contributed by atoms with Gasteiger partial charge in [-0.1, -0.05) is 0 Å². The fourth-order valence-corrected chi connectivity index (χ4v) is 2.45. The van der Waals surface area contributed by atoms with E-state index in [0.29, 0.717) is 12.5 Å². The minimum absolute atomic E-state index is 0.197. The molecular weight excluding hydrogens is 404 g/mol. The van der Waals surface area contributed by atoms with Crippen LogP contribution < -0.4 is 10.1 Å². The van der Waals surface area contributed by atoms with Crippen LogP contribution in [0, 0.1) is 6.92 Å². The van der Waals surface area contributed by atoms with Crippen LogP contribution in [0.1, 0.15) is 33.4 Å². The number of aromatic nitrogens is 1. The number of aryl methyl sites for hydroxylation is 1. The Labute approximate surface area is 142 Å². The van der Waals surface area contributed by atoms with Gasteiger partial charge in [-0.25, -0.2) is 9.78 Å². The fraction of sp³-hybridized carbons (Fsp3) is 0.571. The molecule has 7 heteroatoms. The zero-order chi connectivity index (χ0) is 16.2. The molecule has 1 rings (SSSR count). The number of carbonyl (C=O) groups excluding carboxylic acids is 1. The normalized spacial score (nSPS) is 12.7. The van der Waals surface area contributed by atoms with Crippen molar-refractivity contribution in [3.05, 3.63) is 20.7 Å². The number of alkyl carbamates (subject to hydrolysis) is 1. The molecule has 0 saturated heterocycles. The Hall–Kier alpha value is -0.820. The third-order valence-electron chi connectivity index (χ3n) is 2.31. The van der Waals surface area contributed by atoms with Crippen LogP contribution in [0.5, 0.6) is 5.88 Å². The number of nitrogens with zero attached hydrogens (tertiary/aromatic N) is 1. The fourth-order valence-electron chi connectivity index (χ4n) is 1.39. The summed E-state index contributed by atoms with van der Waals surface area (Å²) < 4.78 is 12.5. The number of pyridine rings is 1. The maximum Gasteiger partial charge on any atom is 0.407 e. The molecule has 1 heterocycles. The summed E-state index contributed by atoms with van der Waals surface area (Å²) in [6.45, 7) is 9.47. The van der Waals surface area contributed by atoms with Gasteiger partial charge < -0.3 is 14.8 Å². The number of ether oxygens (including phenoxy) is 2. The van der Waals surface area contributed by atoms with Gasteiger partial charge in [-0.05, 0) is 72.5 Å². The highest BCUT2D eigenvalue weighted by atomic mass is 79.9. The first-order valence-corrected chi connectivity index (χ1v) is 8.12. The summed E-state index contributed by atoms with van der Waals surface area (Å²) in [6.07, 6.45) is -0.461. The first kappa shape index (κ1) is 18.2. The zero-order valence-electron chi connectivity index (χ0n) is 12.8. The molecule has 118 valence electrons. The minimum Gasteiger partial charge on any atom is -0.475 e. The molecule has 1 amide bonds. The largest absolute Gasteiger partial charge is 0.475 e. The monoisotopic (exact) mass is 422 g/mol. The SMILES string of the molecule is Cc1nc(OCC(C)NC(=O)OC(C)(C)C)c(Br)cc1Br. The molecule has 0 aliphatic heterocycles. The van der Waals surface area contributed by atoms with Gasteiger partial charge in [0.15, 0.2) is 0 Å². The van der Waals surface area contributed by atoms with Gasteiger partial charge in [-0.2, -0.15) is 0 Å². The molecule has 0 aromatic carbocycles. The second-order valence-electron chi connectivity index (χ2n) is 5.70. The van der Waals surface area contributed by atoms with E-state index in [1.54, 1.807) is 0 Å². The van der Waals surface area contributed by atoms with Gasteiger partial charge in [0.05, 0.1) is 16.2 Å². The number of nitrogens with one attached hydrogen (secondary N) is 1. The molecule has 0 spiro atoms. The standard InChI is InChI=1S/C14H20Br2N2O3/c1-8(17-13(19)21-14(3,4)5)7-20-12-11(16)6-10(15)9(2)18-12/h6,8H,7H2,1-5H3,(H,17,19). The van der Waals surface area contributed by atoms with Crippen molar-refractivity contribution in [2.24, 2.45) is 0 Å². The average Bonchev–Trinajstić information content (AvgIpc) is 2.29. The average molecular weight is 424 g/mol. The first-order chi connectivity index (χ1) is 9.58. The molecule has 0 aliphatic carbocycles. The van der Waals surface area contributed by atoms with E-state index in [1.165, 1.54) is 0 Å². The van der Waals surface area contributed by atoms with E-state index in [4.69, 9.17) is 9.47 Å². The van der Waals surface area contributed by atoms with Gasteiger partial charge in [-0.15, -0.1) is 0 Å². The summed E-state index contributed by atoms with van der Waals surface area (Å²) in [5, 5.41) is 2.71. The van der Waals surface area contributed by atoms with Crippen molar-refractivity contribution < 1.29 is 14.3 Å². The van der Waals surface area contributed by atoms with Crippen LogP contribution in [-0.4, -0.2) is 29.3 Å². The van der Waals surface area contributed by atoms with E-state index in [-0.39, 0.29) is 6.04 Å². The number of carbonyl (C=O) groups is 1. The van der Waals surface area contributed by atoms with Crippen molar-refractivity contribution in [2.45, 2.75) is 46.3 Å². The lowest BCUT2D eigenvalue weighted by molar-refractivity contribution is 0.0493. The molecule has 0 radical (unpaired) electrons. The summed E-state index contributed by atoms with van der Waals surface area (Å²) >= 11 is 6.79. The van der Waals surface area contributed by atoms with E-state index in [9.17, 15) is 4.79 Å². The Kier molecular flexibility index (Phi) is 6.46. The summed E-state index contributed by atoms with van der Waals surface area (Å²) in [5.74, 6) is 0.494. The Balaban J connectivity index is 2.52. The maximum atomic E-state index is 11.6. The highest BCUT2D eigenvalue weighted by Gasteiger charge is 2.18. The second kappa shape index (κ2) is 7.45. The van der Waals surface area contributed by atoms with Gasteiger partial charge in [0.1, 0.15) is 12.2 Å². The summed E-state index contributed by atoms with van der Waals surface area (Å²) in [4.78, 5) is 15.9. The van der Waals surface area contributed by atoms with Crippen molar-refractivity contribution in [3.8, 4) is 5.88 Å². The van der Waals surface area contributed by atoms with Gasteiger partial charge in [0.25, 0.3) is 0 Å². The number of rotatable bonds is 4. The Bertz CT molecular complexity index is 516. The van der Waals surface area contributed by atoms with Crippen LogP contribution in [0.15, 0.2) is 15.0 Å². The Morgan fingerprint density at radius 2 is 2.00 bits per heavy atom. The highest BCUT2D eigenvalue weighted by molar-refractivity contribution is 9.11. The van der Waals surface area contributed by atoms with Crippen molar-refractivity contribution in [1.82, 2.24) is 10.3 Å². The molecule has 0 aliphatic rings. The van der Waals surface area contributed by atoms with Crippen LogP contribution in [-0.2, 0) is 4.74 Å². The molecule has 0 fully saturated rings. The van der Waals surface area contributed by atoms with Crippen LogP contribution in [0.3, 0.4) is 0 Å². The lowest BCUT2D eigenvalue weighted by Crippen LogP contribution is -2.40. The van der Waals surface area contributed by atoms with E-state index in [2.05, 4.69) is 42.2 Å². The number of hydrogen-bond donors (Lipinski definition) is 1. The van der Waals surface area contributed by atoms with Crippen molar-refractivity contribution in [3.63, 3.8) is 0 Å². The molecule has 0 bridgehead atoms. The molecular formula is C14H20Br2N2O3. The first-order valence-electron chi connectivity index (χ1n) is 6.53. The number of amides is 1. The van der Waals surface area contributed by atoms with Crippen molar-refractivity contribution in [2.75, 3.05) is 6.61 Å². The number of hydrogen-bond acceptors (Lipinski definition) is 4. The lowest BCUT2D eigenvalue weighted by atomic mass is 10.2. The Morgan fingerprint density at radius 3 is 2.57 bits per heavy atom. The number of halogens is 2. The van der Waals surface area contributed by atoms with Crippen LogP contribution >= 0.6 is 31.9 Å². The van der Waals surface area contributed by atoms with E-state index in [0.717, 1.165) is 14.6 Å². The maximum absolute atomic E-state index is 11.6. The van der Waals surface area contributed by atoms with E-state index >= 15 is 0 Å². The smallest absolute Gasteiger partial charge is 0.407 e. The summed E-state index contributed by atoms with van der Waals surface area (Å²) in [5.41, 5.74) is 0.318. The molecule has 1 aromatic rings. The minimum atomic E-state index is -0.516. The third kappa shape index (κ3) is 6.65. The van der Waals surface area contributed by atoms with Gasteiger partial charge >= 0.3 is 6.09 Å². The van der Waals surface area contributed by atoms with E-state index < -0.39 is 11.7 Å². The van der Waals surface area contributed by atoms with Gasteiger partial charge in [-0.3, -0.25) is 0 Å². The predicted molar refractivity (Wildman–Crippen MR) is 88.7 cm³/mol. The molecule has 1 N–H and O–H groups in total. The predicted octanol–water partition coefficient (Wildman–Crippen LogP) is 4.21. The lowest BCUT2D eigenvalue weighted by Gasteiger charge is -2.22. The van der Waals surface area contributed by atoms with Gasteiger partial charge in [0.2, 0.25) is 5.88 Å².